The van der Waals surface area contributed by atoms with Crippen LogP contribution in [0.3, 0.4) is 0 Å². The molecule has 142 valence electrons. The Morgan fingerprint density at radius 1 is 1.20 bits per heavy atom. The minimum atomic E-state index is -1.71. The molecule has 9 heteroatoms. The normalized spacial score (nSPS) is 14.1. The average molecular weight is 367 g/mol. The van der Waals surface area contributed by atoms with E-state index in [2.05, 4.69) is 10.1 Å². The molecule has 2 N–H and O–H groups in total. The molecule has 0 aromatic heterocycles. The largest absolute Gasteiger partial charge is 0.485 e. The van der Waals surface area contributed by atoms with Crippen LogP contribution >= 0.6 is 0 Å². The molecule has 0 saturated heterocycles. The Bertz CT molecular complexity index is 593. The number of carbonyl (C=O) groups is 1. The van der Waals surface area contributed by atoms with Gasteiger partial charge in [0.2, 0.25) is 11.6 Å². The van der Waals surface area contributed by atoms with Crippen LogP contribution in [0.1, 0.15) is 27.2 Å². The highest BCUT2D eigenvalue weighted by Crippen LogP contribution is 2.26. The van der Waals surface area contributed by atoms with Crippen molar-refractivity contribution in [2.75, 3.05) is 13.7 Å². The second-order valence-electron chi connectivity index (χ2n) is 6.36. The van der Waals surface area contributed by atoms with Gasteiger partial charge >= 0.3 is 5.97 Å². The van der Waals surface area contributed by atoms with Crippen molar-refractivity contribution in [1.29, 1.82) is 0 Å². The molecule has 1 aromatic carbocycles. The van der Waals surface area contributed by atoms with E-state index in [0.29, 0.717) is 0 Å². The number of aliphatic hydroxyl groups excluding tert-OH is 1. The molecule has 0 amide bonds. The highest BCUT2D eigenvalue weighted by Gasteiger charge is 2.27. The number of halogens is 4. The average Bonchev–Trinajstić information content (AvgIpc) is 2.48. The van der Waals surface area contributed by atoms with Crippen LogP contribution in [0.5, 0.6) is 5.75 Å². The van der Waals surface area contributed by atoms with Crippen molar-refractivity contribution in [1.82, 2.24) is 5.32 Å². The summed E-state index contributed by atoms with van der Waals surface area (Å²) >= 11 is 0. The van der Waals surface area contributed by atoms with E-state index in [-0.39, 0.29) is 12.5 Å². The SMILES string of the molecule is CN[C@@H](CC(=O)OC(C)(C)C)C(O)COc1c(F)c(F)cc(F)c1F. The lowest BCUT2D eigenvalue weighted by molar-refractivity contribution is -0.156. The fourth-order valence-corrected chi connectivity index (χ4v) is 1.96. The maximum atomic E-state index is 13.5. The smallest absolute Gasteiger partial charge is 0.307 e. The summed E-state index contributed by atoms with van der Waals surface area (Å²) in [5, 5.41) is 12.7. The van der Waals surface area contributed by atoms with Crippen molar-refractivity contribution in [3.05, 3.63) is 29.3 Å². The van der Waals surface area contributed by atoms with Gasteiger partial charge in [-0.25, -0.2) is 8.78 Å². The number of nitrogens with one attached hydrogen (secondary N) is 1. The first-order valence-electron chi connectivity index (χ1n) is 7.49. The summed E-state index contributed by atoms with van der Waals surface area (Å²) in [5.74, 6) is -8.55. The molecule has 25 heavy (non-hydrogen) atoms. The van der Waals surface area contributed by atoms with Gasteiger partial charge in [-0.15, -0.1) is 0 Å². The zero-order chi connectivity index (χ0) is 19.4. The summed E-state index contributed by atoms with van der Waals surface area (Å²) in [4.78, 5) is 11.8. The molecule has 0 saturated carbocycles. The summed E-state index contributed by atoms with van der Waals surface area (Å²) in [6.07, 6.45) is -1.65. The molecule has 5 nitrogen and oxygen atoms in total. The monoisotopic (exact) mass is 367 g/mol. The number of ether oxygens (including phenoxy) is 2. The van der Waals surface area contributed by atoms with Crippen LogP contribution in [0.2, 0.25) is 0 Å². The van der Waals surface area contributed by atoms with Gasteiger partial charge in [-0.05, 0) is 27.8 Å². The van der Waals surface area contributed by atoms with Crippen LogP contribution in [0.15, 0.2) is 6.07 Å². The molecule has 0 aliphatic heterocycles. The molecular formula is C16H21F4NO4. The third-order valence-electron chi connectivity index (χ3n) is 3.11. The van der Waals surface area contributed by atoms with Gasteiger partial charge in [-0.3, -0.25) is 4.79 Å². The quantitative estimate of drug-likeness (QED) is 0.440. The van der Waals surface area contributed by atoms with E-state index in [0.717, 1.165) is 0 Å². The Labute approximate surface area is 142 Å². The lowest BCUT2D eigenvalue weighted by Crippen LogP contribution is -2.43. The first kappa shape index (κ1) is 21.2. The van der Waals surface area contributed by atoms with Crippen molar-refractivity contribution in [3.8, 4) is 5.75 Å². The summed E-state index contributed by atoms with van der Waals surface area (Å²) in [6, 6.07) is -0.813. The first-order chi connectivity index (χ1) is 11.5. The molecule has 1 unspecified atom stereocenters. The van der Waals surface area contributed by atoms with Gasteiger partial charge in [-0.1, -0.05) is 0 Å². The van der Waals surface area contributed by atoms with Crippen molar-refractivity contribution in [3.63, 3.8) is 0 Å². The topological polar surface area (TPSA) is 67.8 Å². The first-order valence-corrected chi connectivity index (χ1v) is 7.49. The maximum Gasteiger partial charge on any atom is 0.307 e. The van der Waals surface area contributed by atoms with Crippen molar-refractivity contribution in [2.45, 2.75) is 44.9 Å². The van der Waals surface area contributed by atoms with Crippen LogP contribution in [0, 0.1) is 23.3 Å². The van der Waals surface area contributed by atoms with Crippen molar-refractivity contribution >= 4 is 5.97 Å². The van der Waals surface area contributed by atoms with Gasteiger partial charge in [0.15, 0.2) is 17.4 Å². The van der Waals surface area contributed by atoms with E-state index in [1.54, 1.807) is 20.8 Å². The molecule has 0 fully saturated rings. The van der Waals surface area contributed by atoms with Gasteiger partial charge in [0.05, 0.1) is 6.42 Å². The molecule has 1 aromatic rings. The van der Waals surface area contributed by atoms with E-state index < -0.39 is 59.3 Å². The number of aliphatic hydroxyl groups is 1. The number of hydrogen-bond donors (Lipinski definition) is 2. The van der Waals surface area contributed by atoms with Crippen LogP contribution in [-0.2, 0) is 9.53 Å². The minimum absolute atomic E-state index is 0.0485. The van der Waals surface area contributed by atoms with Gasteiger partial charge < -0.3 is 19.9 Å². The van der Waals surface area contributed by atoms with Crippen molar-refractivity contribution in [2.24, 2.45) is 0 Å². The summed E-state index contributed by atoms with van der Waals surface area (Å²) in [5.41, 5.74) is -0.720. The molecule has 0 spiro atoms. The van der Waals surface area contributed by atoms with Crippen LogP contribution in [-0.4, -0.2) is 42.5 Å². The Morgan fingerprint density at radius 3 is 2.16 bits per heavy atom. The Hall–Kier alpha value is -1.87. The van der Waals surface area contributed by atoms with Crippen LogP contribution in [0.25, 0.3) is 0 Å². The molecular weight excluding hydrogens is 346 g/mol. The number of esters is 1. The van der Waals surface area contributed by atoms with Gasteiger partial charge in [0.1, 0.15) is 18.3 Å². The fourth-order valence-electron chi connectivity index (χ4n) is 1.96. The Morgan fingerprint density at radius 2 is 1.72 bits per heavy atom. The number of rotatable bonds is 7. The Balaban J connectivity index is 2.75. The fraction of sp³-hybridized carbons (Fsp3) is 0.562. The Kier molecular flexibility index (Phi) is 7.18. The predicted molar refractivity (Wildman–Crippen MR) is 81.1 cm³/mol. The zero-order valence-electron chi connectivity index (χ0n) is 14.3. The minimum Gasteiger partial charge on any atom is -0.485 e. The second kappa shape index (κ2) is 8.48. The molecule has 0 bridgehead atoms. The summed E-state index contributed by atoms with van der Waals surface area (Å²) in [7, 11) is 1.45. The van der Waals surface area contributed by atoms with Gasteiger partial charge in [0.25, 0.3) is 0 Å². The van der Waals surface area contributed by atoms with Crippen molar-refractivity contribution < 1.29 is 36.9 Å². The van der Waals surface area contributed by atoms with Crippen LogP contribution < -0.4 is 10.1 Å². The van der Waals surface area contributed by atoms with E-state index in [1.165, 1.54) is 7.05 Å². The van der Waals surface area contributed by atoms with E-state index in [1.807, 2.05) is 0 Å². The molecule has 1 rings (SSSR count). The third-order valence-corrected chi connectivity index (χ3v) is 3.11. The van der Waals surface area contributed by atoms with Gasteiger partial charge in [-0.2, -0.15) is 8.78 Å². The molecule has 0 heterocycles. The molecule has 2 atom stereocenters. The standard InChI is InChI=1S/C16H21F4NO4/c1-16(2,3)25-12(23)6-10(21-4)11(22)7-24-15-13(19)8(17)5-9(18)14(15)20/h5,10-11,21-22H,6-7H2,1-4H3/t10-,11?/m0/s1. The van der Waals surface area contributed by atoms with E-state index >= 15 is 0 Å². The molecule has 0 aliphatic carbocycles. The predicted octanol–water partition coefficient (Wildman–Crippen LogP) is 2.30. The van der Waals surface area contributed by atoms with E-state index in [4.69, 9.17) is 4.74 Å². The number of likely N-dealkylation sites (N-methyl/N-ethyl adjacent to an activating group) is 1. The maximum absolute atomic E-state index is 13.5. The lowest BCUT2D eigenvalue weighted by Gasteiger charge is -2.25. The second-order valence-corrected chi connectivity index (χ2v) is 6.36. The third kappa shape index (κ3) is 6.17. The summed E-state index contributed by atoms with van der Waals surface area (Å²) in [6.45, 7) is 4.31. The van der Waals surface area contributed by atoms with E-state index in [9.17, 15) is 27.5 Å². The van der Waals surface area contributed by atoms with Gasteiger partial charge in [0, 0.05) is 12.1 Å². The molecule has 0 aliphatic rings. The highest BCUT2D eigenvalue weighted by molar-refractivity contribution is 5.70. The lowest BCUT2D eigenvalue weighted by atomic mass is 10.1. The summed E-state index contributed by atoms with van der Waals surface area (Å²) < 4.78 is 63.0. The number of hydrogen-bond acceptors (Lipinski definition) is 5. The number of benzene rings is 1. The highest BCUT2D eigenvalue weighted by atomic mass is 19.2. The molecule has 0 radical (unpaired) electrons. The zero-order valence-corrected chi connectivity index (χ0v) is 14.3. The number of carbonyl (C=O) groups excluding carboxylic acids is 1. The van der Waals surface area contributed by atoms with Crippen LogP contribution in [0.4, 0.5) is 17.6 Å².